The molecule has 0 saturated heterocycles. The molecule has 0 rings (SSSR count). The number of rotatable bonds is 4. The lowest BCUT2D eigenvalue weighted by Gasteiger charge is -2.22. The summed E-state index contributed by atoms with van der Waals surface area (Å²) in [6, 6.07) is 0. The third-order valence-corrected chi connectivity index (χ3v) is 4.87. The predicted octanol–water partition coefficient (Wildman–Crippen LogP) is -0.445. The third kappa shape index (κ3) is 2.78. The molecule has 10 heteroatoms. The summed E-state index contributed by atoms with van der Waals surface area (Å²) in [4.78, 5) is 11.0. The minimum atomic E-state index is -5.37. The van der Waals surface area contributed by atoms with Crippen molar-refractivity contribution in [1.29, 1.82) is 0 Å². The van der Waals surface area contributed by atoms with Crippen LogP contribution in [0.15, 0.2) is 12.2 Å². The van der Waals surface area contributed by atoms with Crippen molar-refractivity contribution >= 4 is 26.2 Å². The van der Waals surface area contributed by atoms with Crippen molar-refractivity contribution in [2.75, 3.05) is 0 Å². The van der Waals surface area contributed by atoms with Crippen molar-refractivity contribution in [2.45, 2.75) is 18.1 Å². The summed E-state index contributed by atoms with van der Waals surface area (Å²) in [5, 5.41) is 0. The van der Waals surface area contributed by atoms with Gasteiger partial charge >= 0.3 is 30.5 Å². The second-order valence-corrected chi connectivity index (χ2v) is 6.70. The van der Waals surface area contributed by atoms with Gasteiger partial charge in [-0.3, -0.25) is 9.11 Å². The smallest absolute Gasteiger partial charge is 0.357 e. The van der Waals surface area contributed by atoms with Crippen LogP contribution in [0.1, 0.15) is 13.8 Å². The molecule has 0 amide bonds. The van der Waals surface area contributed by atoms with Gasteiger partial charge in [-0.05, 0) is 6.92 Å². The van der Waals surface area contributed by atoms with Gasteiger partial charge in [0.2, 0.25) is 0 Å². The summed E-state index contributed by atoms with van der Waals surface area (Å²) in [6.07, 6.45) is 0. The molecular weight excluding hydrogens is 264 g/mol. The normalized spacial score (nSPS) is 13.2. The molecule has 16 heavy (non-hydrogen) atoms. The molecule has 0 aliphatic carbocycles. The van der Waals surface area contributed by atoms with Crippen molar-refractivity contribution < 1.29 is 35.5 Å². The van der Waals surface area contributed by atoms with Crippen LogP contribution in [-0.4, -0.2) is 36.2 Å². The maximum atomic E-state index is 11.0. The second kappa shape index (κ2) is 4.13. The van der Waals surface area contributed by atoms with E-state index in [1.165, 1.54) is 0 Å². The monoisotopic (exact) mass is 274 g/mol. The van der Waals surface area contributed by atoms with E-state index in [2.05, 4.69) is 11.3 Å². The lowest BCUT2D eigenvalue weighted by Crippen LogP contribution is -2.47. The number of carbonyl (C=O) groups is 1. The van der Waals surface area contributed by atoms with E-state index >= 15 is 0 Å². The van der Waals surface area contributed by atoms with E-state index in [0.717, 1.165) is 6.92 Å². The first kappa shape index (κ1) is 15.0. The van der Waals surface area contributed by atoms with Gasteiger partial charge in [0, 0.05) is 12.5 Å². The van der Waals surface area contributed by atoms with E-state index in [-0.39, 0.29) is 5.57 Å². The summed E-state index contributed by atoms with van der Waals surface area (Å²) < 4.78 is 60.9. The van der Waals surface area contributed by atoms with Crippen LogP contribution in [0.4, 0.5) is 0 Å². The predicted molar refractivity (Wildman–Crippen MR) is 52.4 cm³/mol. The van der Waals surface area contributed by atoms with E-state index < -0.39 is 30.5 Å². The average Bonchev–Trinajstić information content (AvgIpc) is 1.99. The molecular formula is C6H10O8S2. The van der Waals surface area contributed by atoms with Crippen molar-refractivity contribution in [3.63, 3.8) is 0 Å². The van der Waals surface area contributed by atoms with Crippen LogP contribution in [0.3, 0.4) is 0 Å². The Balaban J connectivity index is 5.67. The first-order valence-corrected chi connectivity index (χ1v) is 6.54. The average molecular weight is 274 g/mol. The van der Waals surface area contributed by atoms with Crippen LogP contribution in [-0.2, 0) is 29.8 Å². The fraction of sp³-hybridized carbons (Fsp3) is 0.500. The number of ether oxygens (including phenoxy) is 1. The Bertz CT molecular complexity index is 479. The molecule has 0 radical (unpaired) electrons. The summed E-state index contributed by atoms with van der Waals surface area (Å²) >= 11 is 0. The van der Waals surface area contributed by atoms with Gasteiger partial charge < -0.3 is 4.74 Å². The maximum absolute atomic E-state index is 11.0. The molecule has 0 aromatic carbocycles. The lowest BCUT2D eigenvalue weighted by atomic mass is 10.4. The van der Waals surface area contributed by atoms with E-state index in [0.29, 0.717) is 6.92 Å². The van der Waals surface area contributed by atoms with Crippen LogP contribution < -0.4 is 0 Å². The zero-order valence-corrected chi connectivity index (χ0v) is 10.0. The Morgan fingerprint density at radius 3 is 1.69 bits per heavy atom. The molecule has 0 spiro atoms. The number of hydrogen-bond acceptors (Lipinski definition) is 6. The zero-order valence-electron chi connectivity index (χ0n) is 8.37. The molecule has 0 aromatic rings. The third-order valence-electron chi connectivity index (χ3n) is 1.56. The minimum absolute atomic E-state index is 0.307. The molecule has 0 heterocycles. The van der Waals surface area contributed by atoms with Crippen LogP contribution in [0.5, 0.6) is 0 Å². The van der Waals surface area contributed by atoms with Crippen molar-refractivity contribution in [3.05, 3.63) is 12.2 Å². The molecule has 0 saturated carbocycles. The summed E-state index contributed by atoms with van der Waals surface area (Å²) in [5.74, 6) is -1.39. The highest BCUT2D eigenvalue weighted by Gasteiger charge is 2.54. The van der Waals surface area contributed by atoms with Crippen LogP contribution >= 0.6 is 0 Å². The SMILES string of the molecule is C=C(C)C(=O)OC(C)(S(=O)(=O)O)S(=O)(=O)O. The molecule has 2 N–H and O–H groups in total. The Morgan fingerprint density at radius 2 is 1.50 bits per heavy atom. The molecule has 0 bridgehead atoms. The summed E-state index contributed by atoms with van der Waals surface area (Å²) in [7, 11) is -10.7. The van der Waals surface area contributed by atoms with Crippen molar-refractivity contribution in [3.8, 4) is 0 Å². The Labute approximate surface area is 92.4 Å². The Morgan fingerprint density at radius 1 is 1.19 bits per heavy atom. The number of carbonyl (C=O) groups excluding carboxylic acids is 1. The fourth-order valence-electron chi connectivity index (χ4n) is 0.494. The molecule has 0 fully saturated rings. The van der Waals surface area contributed by atoms with Gasteiger partial charge in [0.1, 0.15) is 0 Å². The van der Waals surface area contributed by atoms with Gasteiger partial charge in [0.05, 0.1) is 0 Å². The molecule has 0 unspecified atom stereocenters. The van der Waals surface area contributed by atoms with Gasteiger partial charge in [-0.25, -0.2) is 4.79 Å². The molecule has 0 atom stereocenters. The Kier molecular flexibility index (Phi) is 3.88. The lowest BCUT2D eigenvalue weighted by molar-refractivity contribution is -0.142. The summed E-state index contributed by atoms with van der Waals surface area (Å²) in [5.41, 5.74) is -0.307. The van der Waals surface area contributed by atoms with E-state index in [4.69, 9.17) is 9.11 Å². The van der Waals surface area contributed by atoms with E-state index in [9.17, 15) is 21.6 Å². The molecule has 0 aliphatic heterocycles. The highest BCUT2D eigenvalue weighted by atomic mass is 32.3. The first-order chi connectivity index (χ1) is 6.83. The highest BCUT2D eigenvalue weighted by molar-refractivity contribution is 8.05. The van der Waals surface area contributed by atoms with Crippen molar-refractivity contribution in [2.24, 2.45) is 0 Å². The maximum Gasteiger partial charge on any atom is 0.357 e. The summed E-state index contributed by atoms with van der Waals surface area (Å²) in [6.45, 7) is 4.52. The standard InChI is InChI=1S/C6H10O8S2/c1-4(2)5(7)14-6(3,15(8,9)10)16(11,12)13/h1H2,2-3H3,(H,8,9,10)(H,11,12,13). The van der Waals surface area contributed by atoms with Gasteiger partial charge in [-0.1, -0.05) is 6.58 Å². The minimum Gasteiger partial charge on any atom is -0.420 e. The number of hydrogen-bond donors (Lipinski definition) is 2. The fourth-order valence-corrected chi connectivity index (χ4v) is 1.92. The molecule has 0 aromatic heterocycles. The van der Waals surface area contributed by atoms with Crippen LogP contribution in [0.25, 0.3) is 0 Å². The van der Waals surface area contributed by atoms with E-state index in [1.54, 1.807) is 0 Å². The van der Waals surface area contributed by atoms with Gasteiger partial charge in [-0.15, -0.1) is 0 Å². The second-order valence-electron chi connectivity index (χ2n) is 2.98. The van der Waals surface area contributed by atoms with Gasteiger partial charge in [0.15, 0.2) is 0 Å². The molecule has 0 aliphatic rings. The van der Waals surface area contributed by atoms with Crippen LogP contribution in [0, 0.1) is 0 Å². The van der Waals surface area contributed by atoms with E-state index in [1.807, 2.05) is 0 Å². The van der Waals surface area contributed by atoms with Crippen LogP contribution in [0.2, 0.25) is 0 Å². The highest BCUT2D eigenvalue weighted by Crippen LogP contribution is 2.25. The van der Waals surface area contributed by atoms with Crippen molar-refractivity contribution in [1.82, 2.24) is 0 Å². The quantitative estimate of drug-likeness (QED) is 0.400. The zero-order chi connectivity index (χ0) is 13.4. The van der Waals surface area contributed by atoms with Gasteiger partial charge in [0.25, 0.3) is 0 Å². The Hall–Kier alpha value is -0.970. The van der Waals surface area contributed by atoms with Gasteiger partial charge in [-0.2, -0.15) is 16.8 Å². The first-order valence-electron chi connectivity index (χ1n) is 3.66. The topological polar surface area (TPSA) is 135 Å². The molecule has 8 nitrogen and oxygen atoms in total. The number of esters is 1. The largest absolute Gasteiger partial charge is 0.420 e. The molecule has 94 valence electrons.